The van der Waals surface area contributed by atoms with E-state index >= 15 is 0 Å². The van der Waals surface area contributed by atoms with Gasteiger partial charge >= 0.3 is 0 Å². The molecule has 2 rings (SSSR count). The number of Topliss-reactive ketones (excluding diaryl/α,β-unsaturated/α-hetero) is 1. The van der Waals surface area contributed by atoms with E-state index in [0.29, 0.717) is 15.9 Å². The minimum atomic E-state index is -0.240. The third-order valence-electron chi connectivity index (χ3n) is 3.19. The van der Waals surface area contributed by atoms with Crippen LogP contribution in [0.4, 0.5) is 0 Å². The first-order valence-electron chi connectivity index (χ1n) is 6.22. The molecule has 1 heterocycles. The van der Waals surface area contributed by atoms with Gasteiger partial charge in [0.2, 0.25) is 0 Å². The van der Waals surface area contributed by atoms with E-state index in [2.05, 4.69) is 20.9 Å². The summed E-state index contributed by atoms with van der Waals surface area (Å²) < 4.78 is 1.74. The van der Waals surface area contributed by atoms with E-state index in [4.69, 9.17) is 0 Å². The van der Waals surface area contributed by atoms with Crippen molar-refractivity contribution in [2.45, 2.75) is 27.3 Å². The first-order chi connectivity index (χ1) is 9.40. The molecule has 0 aliphatic rings. The monoisotopic (exact) mass is 334 g/mol. The standard InChI is InChI=1S/C15H15BrN2O2/c1-9-4-5-12(10(2)6-9)14(19)8-18-11(3)17-7-13(16)15(18)20/h4-7H,8H2,1-3H3. The number of carbonyl (C=O) groups is 1. The summed E-state index contributed by atoms with van der Waals surface area (Å²) in [4.78, 5) is 28.5. The van der Waals surface area contributed by atoms with Gasteiger partial charge in [-0.1, -0.05) is 23.8 Å². The molecule has 4 nitrogen and oxygen atoms in total. The largest absolute Gasteiger partial charge is 0.292 e. The molecule has 0 N–H and O–H groups in total. The molecule has 0 amide bonds. The second-order valence-electron chi connectivity index (χ2n) is 4.79. The normalized spacial score (nSPS) is 10.6. The number of benzene rings is 1. The van der Waals surface area contributed by atoms with E-state index in [1.807, 2.05) is 26.0 Å². The molecule has 1 aromatic heterocycles. The van der Waals surface area contributed by atoms with Gasteiger partial charge in [0.25, 0.3) is 5.56 Å². The Kier molecular flexibility index (Phi) is 4.18. The lowest BCUT2D eigenvalue weighted by atomic mass is 10.0. The summed E-state index contributed by atoms with van der Waals surface area (Å²) in [5, 5.41) is 0. The summed E-state index contributed by atoms with van der Waals surface area (Å²) in [6.45, 7) is 5.59. The Morgan fingerprint density at radius 1 is 1.30 bits per heavy atom. The molecule has 0 saturated heterocycles. The molecule has 0 aliphatic heterocycles. The Bertz CT molecular complexity index is 735. The van der Waals surface area contributed by atoms with Crippen molar-refractivity contribution < 1.29 is 4.79 Å². The zero-order valence-corrected chi connectivity index (χ0v) is 13.2. The lowest BCUT2D eigenvalue weighted by Crippen LogP contribution is -2.27. The summed E-state index contributed by atoms with van der Waals surface area (Å²) in [5.41, 5.74) is 2.43. The maximum atomic E-state index is 12.4. The first-order valence-corrected chi connectivity index (χ1v) is 7.02. The molecule has 20 heavy (non-hydrogen) atoms. The fourth-order valence-corrected chi connectivity index (χ4v) is 2.41. The number of hydrogen-bond acceptors (Lipinski definition) is 3. The zero-order valence-electron chi connectivity index (χ0n) is 11.6. The summed E-state index contributed by atoms with van der Waals surface area (Å²) in [6, 6.07) is 5.66. The highest BCUT2D eigenvalue weighted by Crippen LogP contribution is 2.12. The van der Waals surface area contributed by atoms with Crippen molar-refractivity contribution in [1.82, 2.24) is 9.55 Å². The van der Waals surface area contributed by atoms with E-state index in [0.717, 1.165) is 11.1 Å². The van der Waals surface area contributed by atoms with Crippen molar-refractivity contribution in [3.05, 3.63) is 61.7 Å². The van der Waals surface area contributed by atoms with Gasteiger partial charge in [-0.05, 0) is 42.3 Å². The third-order valence-corrected chi connectivity index (χ3v) is 3.73. The number of ketones is 1. The molecule has 5 heteroatoms. The molecular formula is C15H15BrN2O2. The van der Waals surface area contributed by atoms with Crippen LogP contribution in [0.3, 0.4) is 0 Å². The van der Waals surface area contributed by atoms with Gasteiger partial charge in [0.15, 0.2) is 5.78 Å². The van der Waals surface area contributed by atoms with Crippen molar-refractivity contribution in [2.75, 3.05) is 0 Å². The summed E-state index contributed by atoms with van der Waals surface area (Å²) in [7, 11) is 0. The van der Waals surface area contributed by atoms with Crippen molar-refractivity contribution in [1.29, 1.82) is 0 Å². The molecule has 0 aliphatic carbocycles. The van der Waals surface area contributed by atoms with Crippen LogP contribution in [0.25, 0.3) is 0 Å². The second-order valence-corrected chi connectivity index (χ2v) is 5.64. The molecule has 2 aromatic rings. The predicted octanol–water partition coefficient (Wildman–Crippen LogP) is 2.81. The fourth-order valence-electron chi connectivity index (χ4n) is 2.09. The summed E-state index contributed by atoms with van der Waals surface area (Å²) >= 11 is 3.14. The van der Waals surface area contributed by atoms with Gasteiger partial charge in [-0.3, -0.25) is 14.2 Å². The van der Waals surface area contributed by atoms with Crippen LogP contribution in [0.15, 0.2) is 33.7 Å². The number of hydrogen-bond donors (Lipinski definition) is 0. The maximum Gasteiger partial charge on any atom is 0.268 e. The van der Waals surface area contributed by atoms with E-state index in [9.17, 15) is 9.59 Å². The Morgan fingerprint density at radius 3 is 2.65 bits per heavy atom. The Balaban J connectivity index is 2.38. The average molecular weight is 335 g/mol. The van der Waals surface area contributed by atoms with Crippen molar-refractivity contribution in [3.8, 4) is 0 Å². The average Bonchev–Trinajstić information content (AvgIpc) is 2.39. The predicted molar refractivity (Wildman–Crippen MR) is 81.2 cm³/mol. The number of nitrogens with zero attached hydrogens (tertiary/aromatic N) is 2. The number of halogens is 1. The highest BCUT2D eigenvalue weighted by atomic mass is 79.9. The van der Waals surface area contributed by atoms with Gasteiger partial charge in [-0.15, -0.1) is 0 Å². The molecule has 0 bridgehead atoms. The molecule has 0 radical (unpaired) electrons. The minimum Gasteiger partial charge on any atom is -0.292 e. The number of rotatable bonds is 3. The minimum absolute atomic E-state index is 0.001000. The number of aryl methyl sites for hydroxylation is 3. The van der Waals surface area contributed by atoms with E-state index in [1.165, 1.54) is 10.8 Å². The molecule has 0 atom stereocenters. The van der Waals surface area contributed by atoms with Crippen LogP contribution in [-0.4, -0.2) is 15.3 Å². The molecule has 0 spiro atoms. The fraction of sp³-hybridized carbons (Fsp3) is 0.267. The smallest absolute Gasteiger partial charge is 0.268 e. The Labute approximate surface area is 125 Å². The molecule has 1 aromatic carbocycles. The summed E-state index contributed by atoms with van der Waals surface area (Å²) in [5.74, 6) is 0.434. The molecule has 0 unspecified atom stereocenters. The van der Waals surface area contributed by atoms with E-state index < -0.39 is 0 Å². The number of carbonyl (C=O) groups excluding carboxylic acids is 1. The highest BCUT2D eigenvalue weighted by molar-refractivity contribution is 9.10. The zero-order chi connectivity index (χ0) is 14.9. The first kappa shape index (κ1) is 14.7. The maximum absolute atomic E-state index is 12.4. The van der Waals surface area contributed by atoms with Crippen LogP contribution < -0.4 is 5.56 Å². The van der Waals surface area contributed by atoms with Gasteiger partial charge in [-0.2, -0.15) is 0 Å². The van der Waals surface area contributed by atoms with Crippen molar-refractivity contribution in [2.24, 2.45) is 0 Å². The molecule has 0 fully saturated rings. The third kappa shape index (κ3) is 2.88. The van der Waals surface area contributed by atoms with Crippen LogP contribution >= 0.6 is 15.9 Å². The van der Waals surface area contributed by atoms with Crippen LogP contribution in [0.5, 0.6) is 0 Å². The second kappa shape index (κ2) is 5.71. The van der Waals surface area contributed by atoms with Gasteiger partial charge in [0, 0.05) is 11.8 Å². The lowest BCUT2D eigenvalue weighted by molar-refractivity contribution is 0.0968. The van der Waals surface area contributed by atoms with Gasteiger partial charge < -0.3 is 0 Å². The Hall–Kier alpha value is -1.75. The van der Waals surface area contributed by atoms with Crippen LogP contribution in [-0.2, 0) is 6.54 Å². The van der Waals surface area contributed by atoms with Gasteiger partial charge in [0.05, 0.1) is 6.54 Å². The molecule has 104 valence electrons. The van der Waals surface area contributed by atoms with E-state index in [-0.39, 0.29) is 17.9 Å². The van der Waals surface area contributed by atoms with Crippen LogP contribution in [0, 0.1) is 20.8 Å². The van der Waals surface area contributed by atoms with E-state index in [1.54, 1.807) is 13.0 Å². The SMILES string of the molecule is Cc1ccc(C(=O)Cn2c(C)ncc(Br)c2=O)c(C)c1. The highest BCUT2D eigenvalue weighted by Gasteiger charge is 2.13. The van der Waals surface area contributed by atoms with Gasteiger partial charge in [-0.25, -0.2) is 4.98 Å². The van der Waals surface area contributed by atoms with Crippen molar-refractivity contribution in [3.63, 3.8) is 0 Å². The van der Waals surface area contributed by atoms with Crippen LogP contribution in [0.2, 0.25) is 0 Å². The van der Waals surface area contributed by atoms with Crippen molar-refractivity contribution >= 4 is 21.7 Å². The molecule has 0 saturated carbocycles. The van der Waals surface area contributed by atoms with Crippen LogP contribution in [0.1, 0.15) is 27.3 Å². The lowest BCUT2D eigenvalue weighted by Gasteiger charge is -2.10. The Morgan fingerprint density at radius 2 is 2.00 bits per heavy atom. The number of aromatic nitrogens is 2. The summed E-state index contributed by atoms with van der Waals surface area (Å²) in [6.07, 6.45) is 1.45. The quantitative estimate of drug-likeness (QED) is 0.811. The van der Waals surface area contributed by atoms with Gasteiger partial charge in [0.1, 0.15) is 10.3 Å². The topological polar surface area (TPSA) is 52.0 Å². The molecular weight excluding hydrogens is 320 g/mol.